The number of ether oxygens (including phenoxy) is 1. The average Bonchev–Trinajstić information content (AvgIpc) is 3.17. The van der Waals surface area contributed by atoms with Gasteiger partial charge in [-0.05, 0) is 43.5 Å². The van der Waals surface area contributed by atoms with Gasteiger partial charge in [-0.2, -0.15) is 0 Å². The molecule has 0 radical (unpaired) electrons. The van der Waals surface area contributed by atoms with E-state index in [1.165, 1.54) is 5.56 Å². The van der Waals surface area contributed by atoms with Crippen LogP contribution in [-0.4, -0.2) is 12.1 Å². The minimum atomic E-state index is -0.427. The number of aryl methyl sites for hydroxylation is 2. The van der Waals surface area contributed by atoms with Crippen molar-refractivity contribution in [1.29, 1.82) is 0 Å². The molecule has 0 bridgehead atoms. The number of methoxy groups -OCH3 is 1. The fourth-order valence-corrected chi connectivity index (χ4v) is 4.66. The summed E-state index contributed by atoms with van der Waals surface area (Å²) in [5.74, 6) is 7.64. The highest BCUT2D eigenvalue weighted by atomic mass is 35.5. The van der Waals surface area contributed by atoms with Gasteiger partial charge in [0.15, 0.2) is 0 Å². The van der Waals surface area contributed by atoms with Gasteiger partial charge in [0, 0.05) is 16.4 Å². The van der Waals surface area contributed by atoms with Crippen molar-refractivity contribution in [2.75, 3.05) is 7.11 Å². The van der Waals surface area contributed by atoms with Crippen LogP contribution in [0.15, 0.2) is 42.5 Å². The van der Waals surface area contributed by atoms with Crippen molar-refractivity contribution < 1.29 is 4.74 Å². The quantitative estimate of drug-likeness (QED) is 0.350. The maximum Gasteiger partial charge on any atom is 0.123 e. The lowest BCUT2D eigenvalue weighted by Crippen LogP contribution is -2.08. The van der Waals surface area contributed by atoms with Gasteiger partial charge in [0.1, 0.15) is 16.8 Å². The molecule has 2 aromatic carbocycles. The number of halogens is 2. The van der Waals surface area contributed by atoms with Crippen LogP contribution in [0.1, 0.15) is 59.2 Å². The van der Waals surface area contributed by atoms with Crippen LogP contribution in [0.3, 0.4) is 0 Å². The van der Waals surface area contributed by atoms with Gasteiger partial charge in [-0.1, -0.05) is 73.5 Å². The number of benzene rings is 2. The molecule has 3 rings (SSSR count). The highest BCUT2D eigenvalue weighted by Crippen LogP contribution is 2.37. The Bertz CT molecular complexity index is 1090. The standard InChI is InChI=1S/C26H29ClN2OS.ClH/c1-5-6-10-20(19-11-8-7-9-12-19)13-14-23(28)26-29-25(18(3)31-26)21-15-17(2)24(30-4)16-22(21)27;/h7-9,11-12,15-16,20,23H,5-6,10,28H2,1-4H3;1H/t20-,23?;/m1./s1. The lowest BCUT2D eigenvalue weighted by atomic mass is 9.94. The number of aromatic nitrogens is 1. The molecule has 0 amide bonds. The number of thiazole rings is 1. The summed E-state index contributed by atoms with van der Waals surface area (Å²) in [5.41, 5.74) is 10.5. The molecule has 1 unspecified atom stereocenters. The molecule has 32 heavy (non-hydrogen) atoms. The monoisotopic (exact) mass is 488 g/mol. The van der Waals surface area contributed by atoms with Crippen LogP contribution in [0.5, 0.6) is 5.75 Å². The molecule has 2 N–H and O–H groups in total. The van der Waals surface area contributed by atoms with Gasteiger partial charge < -0.3 is 10.5 Å². The molecule has 0 aliphatic heterocycles. The predicted octanol–water partition coefficient (Wildman–Crippen LogP) is 7.49. The van der Waals surface area contributed by atoms with Crippen molar-refractivity contribution in [2.24, 2.45) is 5.73 Å². The van der Waals surface area contributed by atoms with Gasteiger partial charge in [-0.25, -0.2) is 4.98 Å². The number of rotatable bonds is 7. The Hall–Kier alpha value is -2.03. The van der Waals surface area contributed by atoms with Crippen LogP contribution >= 0.6 is 35.3 Å². The van der Waals surface area contributed by atoms with E-state index in [0.29, 0.717) is 5.02 Å². The molecule has 3 aromatic rings. The zero-order chi connectivity index (χ0) is 22.4. The largest absolute Gasteiger partial charge is 0.496 e. The summed E-state index contributed by atoms with van der Waals surface area (Å²) >= 11 is 8.10. The normalized spacial score (nSPS) is 12.3. The van der Waals surface area contributed by atoms with Crippen molar-refractivity contribution in [2.45, 2.75) is 52.0 Å². The van der Waals surface area contributed by atoms with Crippen molar-refractivity contribution in [3.05, 3.63) is 68.5 Å². The predicted molar refractivity (Wildman–Crippen MR) is 139 cm³/mol. The lowest BCUT2D eigenvalue weighted by Gasteiger charge is -2.11. The molecule has 0 aliphatic rings. The molecule has 6 heteroatoms. The second-order valence-electron chi connectivity index (χ2n) is 7.63. The van der Waals surface area contributed by atoms with Crippen molar-refractivity contribution >= 4 is 35.3 Å². The van der Waals surface area contributed by atoms with Crippen LogP contribution in [0.2, 0.25) is 5.02 Å². The summed E-state index contributed by atoms with van der Waals surface area (Å²) in [6.45, 7) is 6.24. The Balaban J connectivity index is 0.00000363. The van der Waals surface area contributed by atoms with Crippen LogP contribution in [0.4, 0.5) is 0 Å². The Morgan fingerprint density at radius 3 is 2.53 bits per heavy atom. The Labute approximate surface area is 206 Å². The molecule has 170 valence electrons. The van der Waals surface area contributed by atoms with Crippen LogP contribution < -0.4 is 10.5 Å². The first-order valence-electron chi connectivity index (χ1n) is 10.6. The fourth-order valence-electron chi connectivity index (χ4n) is 3.53. The van der Waals surface area contributed by atoms with E-state index in [1.807, 2.05) is 32.0 Å². The van der Waals surface area contributed by atoms with Crippen molar-refractivity contribution in [3.8, 4) is 28.8 Å². The van der Waals surface area contributed by atoms with E-state index < -0.39 is 6.04 Å². The first-order valence-corrected chi connectivity index (χ1v) is 11.8. The topological polar surface area (TPSA) is 48.1 Å². The van der Waals surface area contributed by atoms with Gasteiger partial charge in [0.2, 0.25) is 0 Å². The van der Waals surface area contributed by atoms with Crippen molar-refractivity contribution in [3.63, 3.8) is 0 Å². The zero-order valence-electron chi connectivity index (χ0n) is 18.9. The van der Waals surface area contributed by atoms with Gasteiger partial charge >= 0.3 is 0 Å². The molecule has 1 aromatic heterocycles. The van der Waals surface area contributed by atoms with Gasteiger partial charge in [0.25, 0.3) is 0 Å². The molecular weight excluding hydrogens is 459 g/mol. The summed E-state index contributed by atoms with van der Waals surface area (Å²) in [4.78, 5) is 5.89. The second kappa shape index (κ2) is 12.3. The highest BCUT2D eigenvalue weighted by Gasteiger charge is 2.18. The maximum atomic E-state index is 6.52. The number of unbranched alkanes of at least 4 members (excludes halogenated alkanes) is 1. The third-order valence-electron chi connectivity index (χ3n) is 5.28. The smallest absolute Gasteiger partial charge is 0.123 e. The number of hydrogen-bond donors (Lipinski definition) is 1. The van der Waals surface area contributed by atoms with Crippen molar-refractivity contribution in [1.82, 2.24) is 4.98 Å². The van der Waals surface area contributed by atoms with E-state index in [0.717, 1.165) is 51.7 Å². The first-order chi connectivity index (χ1) is 14.9. The second-order valence-corrected chi connectivity index (χ2v) is 9.27. The summed E-state index contributed by atoms with van der Waals surface area (Å²) in [6.07, 6.45) is 3.32. The molecule has 0 fully saturated rings. The van der Waals surface area contributed by atoms with E-state index in [9.17, 15) is 0 Å². The van der Waals surface area contributed by atoms with E-state index in [4.69, 9.17) is 27.1 Å². The minimum absolute atomic E-state index is 0. The highest BCUT2D eigenvalue weighted by molar-refractivity contribution is 7.12. The molecule has 0 aliphatic carbocycles. The summed E-state index contributed by atoms with van der Waals surface area (Å²) in [5, 5.41) is 1.43. The van der Waals surface area contributed by atoms with E-state index in [2.05, 4.69) is 43.0 Å². The Morgan fingerprint density at radius 1 is 1.16 bits per heavy atom. The molecule has 0 saturated carbocycles. The van der Waals surface area contributed by atoms with Gasteiger partial charge in [-0.15, -0.1) is 23.7 Å². The number of hydrogen-bond acceptors (Lipinski definition) is 4. The van der Waals surface area contributed by atoms with Crippen LogP contribution in [-0.2, 0) is 0 Å². The van der Waals surface area contributed by atoms with Gasteiger partial charge in [-0.3, -0.25) is 0 Å². The Kier molecular flexibility index (Phi) is 10.1. The molecule has 3 nitrogen and oxygen atoms in total. The molecule has 2 atom stereocenters. The number of nitrogens with zero attached hydrogens (tertiary/aromatic N) is 1. The Morgan fingerprint density at radius 2 is 1.88 bits per heavy atom. The minimum Gasteiger partial charge on any atom is -0.496 e. The van der Waals surface area contributed by atoms with Crippen LogP contribution in [0, 0.1) is 25.7 Å². The number of nitrogens with two attached hydrogens (primary N) is 1. The van der Waals surface area contributed by atoms with Gasteiger partial charge in [0.05, 0.1) is 17.8 Å². The first kappa shape index (κ1) is 26.2. The summed E-state index contributed by atoms with van der Waals surface area (Å²) < 4.78 is 5.37. The van der Waals surface area contributed by atoms with E-state index >= 15 is 0 Å². The summed E-state index contributed by atoms with van der Waals surface area (Å²) in [6, 6.07) is 13.9. The zero-order valence-corrected chi connectivity index (χ0v) is 21.3. The molecular formula is C26H30Cl2N2OS. The fraction of sp³-hybridized carbons (Fsp3) is 0.346. The molecule has 0 saturated heterocycles. The summed E-state index contributed by atoms with van der Waals surface area (Å²) in [7, 11) is 1.64. The third kappa shape index (κ3) is 6.27. The maximum absolute atomic E-state index is 6.52. The SMILES string of the molecule is CCCC[C@H](C#CC(N)c1nc(-c2cc(C)c(OC)cc2Cl)c(C)s1)c1ccccc1.Cl. The average molecular weight is 490 g/mol. The van der Waals surface area contributed by atoms with E-state index in [1.54, 1.807) is 18.4 Å². The third-order valence-corrected chi connectivity index (χ3v) is 6.65. The molecule has 0 spiro atoms. The van der Waals surface area contributed by atoms with Crippen LogP contribution in [0.25, 0.3) is 11.3 Å². The van der Waals surface area contributed by atoms with E-state index in [-0.39, 0.29) is 18.3 Å². The lowest BCUT2D eigenvalue weighted by molar-refractivity contribution is 0.412. The molecule has 1 heterocycles.